The van der Waals surface area contributed by atoms with E-state index in [0.29, 0.717) is 12.5 Å². The van der Waals surface area contributed by atoms with Gasteiger partial charge in [-0.1, -0.05) is 25.1 Å². The molecule has 1 aliphatic carbocycles. The summed E-state index contributed by atoms with van der Waals surface area (Å²) in [5.74, 6) is 2.28. The van der Waals surface area contributed by atoms with E-state index in [-0.39, 0.29) is 5.91 Å². The standard InChI is InChI=1S/C21H32N4OS/c1-3-27-18-11-10-17(15-18)24-21(22-2)23-13-6-9-20(26)25-14-12-16-7-4-5-8-19(16)25/h4-5,7-8,17-18H,3,6,9-15H2,1-2H3,(H2,22,23,24). The maximum absolute atomic E-state index is 12.5. The van der Waals surface area contributed by atoms with Crippen molar-refractivity contribution in [2.45, 2.75) is 56.7 Å². The monoisotopic (exact) mass is 388 g/mol. The van der Waals surface area contributed by atoms with E-state index in [9.17, 15) is 4.79 Å². The number of hydrogen-bond acceptors (Lipinski definition) is 3. The molecule has 0 aromatic heterocycles. The van der Waals surface area contributed by atoms with Gasteiger partial charge in [0, 0.05) is 43.5 Å². The molecule has 6 heteroatoms. The van der Waals surface area contributed by atoms with Gasteiger partial charge < -0.3 is 15.5 Å². The van der Waals surface area contributed by atoms with Crippen molar-refractivity contribution in [1.29, 1.82) is 0 Å². The van der Waals surface area contributed by atoms with Gasteiger partial charge in [0.2, 0.25) is 5.91 Å². The van der Waals surface area contributed by atoms with Gasteiger partial charge in [0.05, 0.1) is 0 Å². The number of carbonyl (C=O) groups excluding carboxylic acids is 1. The molecule has 3 rings (SSSR count). The lowest BCUT2D eigenvalue weighted by molar-refractivity contribution is -0.118. The Kier molecular flexibility index (Phi) is 7.44. The quantitative estimate of drug-likeness (QED) is 0.428. The molecule has 1 aliphatic heterocycles. The zero-order valence-corrected chi connectivity index (χ0v) is 17.4. The highest BCUT2D eigenvalue weighted by molar-refractivity contribution is 7.99. The normalized spacial score (nSPS) is 22.0. The molecule has 0 spiro atoms. The maximum atomic E-state index is 12.5. The number of fused-ring (bicyclic) bond motifs is 1. The van der Waals surface area contributed by atoms with Crippen molar-refractivity contribution in [3.05, 3.63) is 29.8 Å². The summed E-state index contributed by atoms with van der Waals surface area (Å²) < 4.78 is 0. The van der Waals surface area contributed by atoms with Crippen LogP contribution in [-0.4, -0.2) is 49.0 Å². The molecule has 5 nitrogen and oxygen atoms in total. The Labute approximate surface area is 167 Å². The lowest BCUT2D eigenvalue weighted by Gasteiger charge is -2.19. The number of rotatable bonds is 7. The van der Waals surface area contributed by atoms with Gasteiger partial charge in [0.15, 0.2) is 5.96 Å². The first kappa shape index (κ1) is 20.1. The van der Waals surface area contributed by atoms with Gasteiger partial charge in [-0.25, -0.2) is 0 Å². The number of hydrogen-bond donors (Lipinski definition) is 2. The van der Waals surface area contributed by atoms with Crippen LogP contribution >= 0.6 is 11.8 Å². The third kappa shape index (κ3) is 5.41. The molecule has 2 unspecified atom stereocenters. The molecule has 0 radical (unpaired) electrons. The van der Waals surface area contributed by atoms with Crippen LogP contribution in [0.4, 0.5) is 5.69 Å². The average Bonchev–Trinajstić information content (AvgIpc) is 3.31. The summed E-state index contributed by atoms with van der Waals surface area (Å²) in [6.45, 7) is 3.81. The molecule has 1 aromatic rings. The lowest BCUT2D eigenvalue weighted by Crippen LogP contribution is -2.43. The van der Waals surface area contributed by atoms with Crippen LogP contribution in [0.5, 0.6) is 0 Å². The van der Waals surface area contributed by atoms with Crippen LogP contribution in [0, 0.1) is 0 Å². The van der Waals surface area contributed by atoms with Crippen LogP contribution in [0.15, 0.2) is 29.3 Å². The van der Waals surface area contributed by atoms with Gasteiger partial charge in [0.25, 0.3) is 0 Å². The van der Waals surface area contributed by atoms with Crippen LogP contribution in [0.2, 0.25) is 0 Å². The molecule has 1 aromatic carbocycles. The van der Waals surface area contributed by atoms with Crippen molar-refractivity contribution in [2.75, 3.05) is 30.8 Å². The van der Waals surface area contributed by atoms with Crippen molar-refractivity contribution < 1.29 is 4.79 Å². The third-order valence-corrected chi connectivity index (χ3v) is 6.63. The highest BCUT2D eigenvalue weighted by Crippen LogP contribution is 2.30. The van der Waals surface area contributed by atoms with E-state index < -0.39 is 0 Å². The van der Waals surface area contributed by atoms with Crippen molar-refractivity contribution in [1.82, 2.24) is 10.6 Å². The predicted molar refractivity (Wildman–Crippen MR) is 116 cm³/mol. The summed E-state index contributed by atoms with van der Waals surface area (Å²) in [7, 11) is 1.81. The number of carbonyl (C=O) groups is 1. The van der Waals surface area contributed by atoms with E-state index in [1.807, 2.05) is 24.1 Å². The molecule has 1 saturated carbocycles. The third-order valence-electron chi connectivity index (χ3n) is 5.40. The Morgan fingerprint density at radius 3 is 3.00 bits per heavy atom. The fourth-order valence-electron chi connectivity index (χ4n) is 4.02. The van der Waals surface area contributed by atoms with Crippen LogP contribution in [0.1, 0.15) is 44.6 Å². The van der Waals surface area contributed by atoms with Crippen LogP contribution in [0.25, 0.3) is 0 Å². The number of benzene rings is 1. The topological polar surface area (TPSA) is 56.7 Å². The Morgan fingerprint density at radius 1 is 1.33 bits per heavy atom. The molecule has 2 atom stereocenters. The first-order valence-electron chi connectivity index (χ1n) is 10.2. The van der Waals surface area contributed by atoms with E-state index in [4.69, 9.17) is 0 Å². The molecule has 2 N–H and O–H groups in total. The molecule has 1 fully saturated rings. The fraction of sp³-hybridized carbons (Fsp3) is 0.619. The minimum absolute atomic E-state index is 0.222. The van der Waals surface area contributed by atoms with E-state index in [2.05, 4.69) is 46.4 Å². The molecule has 0 bridgehead atoms. The molecule has 1 amide bonds. The smallest absolute Gasteiger partial charge is 0.227 e. The molecular formula is C21H32N4OS. The second kappa shape index (κ2) is 10.0. The number of thioether (sulfide) groups is 1. The van der Waals surface area contributed by atoms with Crippen molar-refractivity contribution in [2.24, 2.45) is 4.99 Å². The lowest BCUT2D eigenvalue weighted by atomic mass is 10.2. The Balaban J connectivity index is 1.36. The minimum atomic E-state index is 0.222. The van der Waals surface area contributed by atoms with Gasteiger partial charge >= 0.3 is 0 Å². The summed E-state index contributed by atoms with van der Waals surface area (Å²) in [6.07, 6.45) is 6.07. The number of amides is 1. The minimum Gasteiger partial charge on any atom is -0.356 e. The largest absolute Gasteiger partial charge is 0.356 e. The van der Waals surface area contributed by atoms with E-state index in [0.717, 1.165) is 42.8 Å². The maximum Gasteiger partial charge on any atom is 0.227 e. The van der Waals surface area contributed by atoms with Gasteiger partial charge in [-0.3, -0.25) is 9.79 Å². The average molecular weight is 389 g/mol. The van der Waals surface area contributed by atoms with Gasteiger partial charge in [0.1, 0.15) is 0 Å². The highest BCUT2D eigenvalue weighted by atomic mass is 32.2. The molecule has 2 aliphatic rings. The summed E-state index contributed by atoms with van der Waals surface area (Å²) in [5, 5.41) is 7.69. The van der Waals surface area contributed by atoms with Gasteiger partial charge in [-0.15, -0.1) is 0 Å². The molecule has 27 heavy (non-hydrogen) atoms. The molecular weight excluding hydrogens is 356 g/mol. The van der Waals surface area contributed by atoms with E-state index in [1.165, 1.54) is 30.6 Å². The number of nitrogens with zero attached hydrogens (tertiary/aromatic N) is 2. The van der Waals surface area contributed by atoms with E-state index in [1.54, 1.807) is 0 Å². The molecule has 0 saturated heterocycles. The predicted octanol–water partition coefficient (Wildman–Crippen LogP) is 3.20. The Bertz CT molecular complexity index is 663. The highest BCUT2D eigenvalue weighted by Gasteiger charge is 2.25. The van der Waals surface area contributed by atoms with Gasteiger partial charge in [-0.2, -0.15) is 11.8 Å². The summed E-state index contributed by atoms with van der Waals surface area (Å²) in [6, 6.07) is 8.74. The summed E-state index contributed by atoms with van der Waals surface area (Å²) >= 11 is 2.07. The Morgan fingerprint density at radius 2 is 2.19 bits per heavy atom. The fourth-order valence-corrected chi connectivity index (χ4v) is 5.17. The van der Waals surface area contributed by atoms with Crippen molar-refractivity contribution >= 4 is 29.3 Å². The molecule has 1 heterocycles. The number of para-hydroxylation sites is 1. The van der Waals surface area contributed by atoms with Crippen molar-refractivity contribution in [3.63, 3.8) is 0 Å². The summed E-state index contributed by atoms with van der Waals surface area (Å²) in [5.41, 5.74) is 2.37. The van der Waals surface area contributed by atoms with Crippen molar-refractivity contribution in [3.8, 4) is 0 Å². The molecule has 148 valence electrons. The van der Waals surface area contributed by atoms with Crippen LogP contribution in [0.3, 0.4) is 0 Å². The number of aliphatic imine (C=N–C) groups is 1. The van der Waals surface area contributed by atoms with Gasteiger partial charge in [-0.05, 0) is 49.5 Å². The first-order chi connectivity index (χ1) is 13.2. The first-order valence-corrected chi connectivity index (χ1v) is 11.2. The summed E-state index contributed by atoms with van der Waals surface area (Å²) in [4.78, 5) is 18.8. The number of guanidine groups is 1. The zero-order chi connectivity index (χ0) is 19.1. The van der Waals surface area contributed by atoms with E-state index >= 15 is 0 Å². The number of nitrogens with one attached hydrogen (secondary N) is 2. The SMILES string of the molecule is CCSC1CCC(NC(=NC)NCCCC(=O)N2CCc3ccccc32)C1. The zero-order valence-electron chi connectivity index (χ0n) is 16.5. The van der Waals surface area contributed by atoms with Crippen LogP contribution in [-0.2, 0) is 11.2 Å². The second-order valence-electron chi connectivity index (χ2n) is 7.26. The number of anilines is 1. The Hall–Kier alpha value is -1.69. The second-order valence-corrected chi connectivity index (χ2v) is 8.84. The van der Waals surface area contributed by atoms with Crippen LogP contribution < -0.4 is 15.5 Å².